The van der Waals surface area contributed by atoms with Crippen molar-refractivity contribution in [3.05, 3.63) is 107 Å². The summed E-state index contributed by atoms with van der Waals surface area (Å²) < 4.78 is 26.3. The zero-order valence-corrected chi connectivity index (χ0v) is 15.1. The van der Waals surface area contributed by atoms with Gasteiger partial charge in [0.25, 0.3) is 0 Å². The van der Waals surface area contributed by atoms with E-state index in [1.807, 2.05) is 30.3 Å². The molecule has 0 amide bonds. The summed E-state index contributed by atoms with van der Waals surface area (Å²) in [4.78, 5) is 2.09. The number of hydrogen-bond donors (Lipinski definition) is 1. The normalized spacial score (nSPS) is 12.3. The molecule has 3 aromatic rings. The molecule has 27 heavy (non-hydrogen) atoms. The third-order valence-corrected chi connectivity index (χ3v) is 4.42. The van der Waals surface area contributed by atoms with Gasteiger partial charge in [0.2, 0.25) is 0 Å². The topological polar surface area (TPSA) is 23.5 Å². The molecule has 4 heteroatoms. The van der Waals surface area contributed by atoms with E-state index in [9.17, 15) is 13.9 Å². The summed E-state index contributed by atoms with van der Waals surface area (Å²) in [5, 5.41) is 10.6. The Labute approximate surface area is 158 Å². The molecule has 0 aliphatic carbocycles. The third kappa shape index (κ3) is 6.27. The van der Waals surface area contributed by atoms with Gasteiger partial charge in [0.05, 0.1) is 6.10 Å². The van der Waals surface area contributed by atoms with Gasteiger partial charge >= 0.3 is 0 Å². The first-order valence-electron chi connectivity index (χ1n) is 9.02. The average molecular weight is 367 g/mol. The summed E-state index contributed by atoms with van der Waals surface area (Å²) in [5.74, 6) is -0.541. The fourth-order valence-electron chi connectivity index (χ4n) is 3.13. The molecule has 0 saturated heterocycles. The Bertz CT molecular complexity index is 772. The number of hydrogen-bond acceptors (Lipinski definition) is 2. The molecule has 0 spiro atoms. The van der Waals surface area contributed by atoms with Gasteiger partial charge in [0.1, 0.15) is 11.6 Å². The predicted octanol–water partition coefficient (Wildman–Crippen LogP) is 4.57. The van der Waals surface area contributed by atoms with E-state index in [1.54, 1.807) is 24.3 Å². The maximum atomic E-state index is 13.2. The minimum absolute atomic E-state index is 0.270. The summed E-state index contributed by atoms with van der Waals surface area (Å²) in [6.07, 6.45) is 0.0257. The lowest BCUT2D eigenvalue weighted by molar-refractivity contribution is 0.104. The quantitative estimate of drug-likeness (QED) is 0.630. The fourth-order valence-corrected chi connectivity index (χ4v) is 3.13. The van der Waals surface area contributed by atoms with Gasteiger partial charge in [-0.25, -0.2) is 8.78 Å². The largest absolute Gasteiger partial charge is 0.391 e. The molecule has 140 valence electrons. The lowest BCUT2D eigenvalue weighted by Gasteiger charge is -2.25. The van der Waals surface area contributed by atoms with E-state index in [1.165, 1.54) is 24.3 Å². The molecule has 0 aliphatic heterocycles. The maximum absolute atomic E-state index is 13.2. The van der Waals surface area contributed by atoms with Crippen LogP contribution in [0.2, 0.25) is 0 Å². The molecular weight excluding hydrogens is 344 g/mol. The molecule has 0 bridgehead atoms. The van der Waals surface area contributed by atoms with Gasteiger partial charge in [-0.05, 0) is 47.4 Å². The average Bonchev–Trinajstić information content (AvgIpc) is 2.66. The van der Waals surface area contributed by atoms with Crippen molar-refractivity contribution < 1.29 is 13.9 Å². The molecule has 3 aromatic carbocycles. The molecule has 0 saturated carbocycles. The van der Waals surface area contributed by atoms with Crippen LogP contribution in [0.3, 0.4) is 0 Å². The lowest BCUT2D eigenvalue weighted by Crippen LogP contribution is -2.33. The Morgan fingerprint density at radius 2 is 1.15 bits per heavy atom. The lowest BCUT2D eigenvalue weighted by atomic mass is 10.1. The highest BCUT2D eigenvalue weighted by Crippen LogP contribution is 2.14. The predicted molar refractivity (Wildman–Crippen MR) is 103 cm³/mol. The summed E-state index contributed by atoms with van der Waals surface area (Å²) in [6.45, 7) is 1.61. The van der Waals surface area contributed by atoms with E-state index in [0.717, 1.165) is 16.7 Å². The Morgan fingerprint density at radius 1 is 0.667 bits per heavy atom. The molecule has 0 aromatic heterocycles. The summed E-state index contributed by atoms with van der Waals surface area (Å²) in [6, 6.07) is 22.6. The van der Waals surface area contributed by atoms with Crippen LogP contribution in [-0.2, 0) is 19.5 Å². The van der Waals surface area contributed by atoms with Crippen molar-refractivity contribution in [2.45, 2.75) is 25.6 Å². The SMILES string of the molecule is OC(Cc1ccccc1)CN(Cc1ccc(F)cc1)Cc1ccc(F)cc1. The number of aliphatic hydroxyl groups is 1. The molecule has 1 atom stereocenters. The standard InChI is InChI=1S/C23H23F2NO/c24-21-10-6-19(7-11-21)15-26(16-20-8-12-22(25)13-9-20)17-23(27)14-18-4-2-1-3-5-18/h1-13,23,27H,14-17H2. The van der Waals surface area contributed by atoms with Crippen molar-refractivity contribution in [1.82, 2.24) is 4.90 Å². The van der Waals surface area contributed by atoms with Gasteiger partial charge in [0.15, 0.2) is 0 Å². The zero-order chi connectivity index (χ0) is 19.1. The molecule has 2 nitrogen and oxygen atoms in total. The molecule has 3 rings (SSSR count). The van der Waals surface area contributed by atoms with E-state index in [2.05, 4.69) is 4.90 Å². The molecule has 0 heterocycles. The number of halogens is 2. The number of nitrogens with zero attached hydrogens (tertiary/aromatic N) is 1. The number of rotatable bonds is 8. The van der Waals surface area contributed by atoms with E-state index >= 15 is 0 Å². The van der Waals surface area contributed by atoms with Gasteiger partial charge in [-0.3, -0.25) is 4.90 Å². The maximum Gasteiger partial charge on any atom is 0.123 e. The first-order chi connectivity index (χ1) is 13.1. The van der Waals surface area contributed by atoms with Gasteiger partial charge in [-0.15, -0.1) is 0 Å². The highest BCUT2D eigenvalue weighted by Gasteiger charge is 2.14. The first kappa shape index (κ1) is 19.2. The highest BCUT2D eigenvalue weighted by molar-refractivity contribution is 5.19. The van der Waals surface area contributed by atoms with Gasteiger partial charge < -0.3 is 5.11 Å². The first-order valence-corrected chi connectivity index (χ1v) is 9.02. The van der Waals surface area contributed by atoms with E-state index in [-0.39, 0.29) is 11.6 Å². The van der Waals surface area contributed by atoms with Crippen molar-refractivity contribution in [3.8, 4) is 0 Å². The molecule has 0 radical (unpaired) electrons. The third-order valence-electron chi connectivity index (χ3n) is 4.42. The molecular formula is C23H23F2NO. The Hall–Kier alpha value is -2.56. The van der Waals surface area contributed by atoms with E-state index < -0.39 is 6.10 Å². The van der Waals surface area contributed by atoms with Crippen LogP contribution < -0.4 is 0 Å². The van der Waals surface area contributed by atoms with Crippen molar-refractivity contribution in [1.29, 1.82) is 0 Å². The minimum Gasteiger partial charge on any atom is -0.391 e. The Kier molecular flexibility index (Phi) is 6.69. The van der Waals surface area contributed by atoms with Crippen molar-refractivity contribution >= 4 is 0 Å². The van der Waals surface area contributed by atoms with Crippen LogP contribution in [-0.4, -0.2) is 22.7 Å². The van der Waals surface area contributed by atoms with Gasteiger partial charge in [-0.1, -0.05) is 54.6 Å². The van der Waals surface area contributed by atoms with Crippen molar-refractivity contribution in [2.24, 2.45) is 0 Å². The van der Waals surface area contributed by atoms with Crippen LogP contribution in [0.1, 0.15) is 16.7 Å². The fraction of sp³-hybridized carbons (Fsp3) is 0.217. The second-order valence-corrected chi connectivity index (χ2v) is 6.77. The summed E-state index contributed by atoms with van der Waals surface area (Å²) in [7, 11) is 0. The highest BCUT2D eigenvalue weighted by atomic mass is 19.1. The van der Waals surface area contributed by atoms with E-state index in [4.69, 9.17) is 0 Å². The number of aliphatic hydroxyl groups excluding tert-OH is 1. The van der Waals surface area contributed by atoms with Crippen LogP contribution >= 0.6 is 0 Å². The second-order valence-electron chi connectivity index (χ2n) is 6.77. The van der Waals surface area contributed by atoms with Crippen LogP contribution in [0, 0.1) is 11.6 Å². The zero-order valence-electron chi connectivity index (χ0n) is 15.1. The van der Waals surface area contributed by atoms with Crippen LogP contribution in [0.4, 0.5) is 8.78 Å². The van der Waals surface area contributed by atoms with Crippen molar-refractivity contribution in [3.63, 3.8) is 0 Å². The van der Waals surface area contributed by atoms with Crippen LogP contribution in [0.15, 0.2) is 78.9 Å². The van der Waals surface area contributed by atoms with E-state index in [0.29, 0.717) is 26.1 Å². The Morgan fingerprint density at radius 3 is 1.63 bits per heavy atom. The number of benzene rings is 3. The molecule has 0 aliphatic rings. The van der Waals surface area contributed by atoms with Gasteiger partial charge in [-0.2, -0.15) is 0 Å². The summed E-state index contributed by atoms with van der Waals surface area (Å²) >= 11 is 0. The Balaban J connectivity index is 1.69. The second kappa shape index (κ2) is 9.40. The summed E-state index contributed by atoms with van der Waals surface area (Å²) in [5.41, 5.74) is 3.00. The molecule has 1 unspecified atom stereocenters. The van der Waals surface area contributed by atoms with Crippen molar-refractivity contribution in [2.75, 3.05) is 6.54 Å². The smallest absolute Gasteiger partial charge is 0.123 e. The monoisotopic (exact) mass is 367 g/mol. The molecule has 1 N–H and O–H groups in total. The van der Waals surface area contributed by atoms with Gasteiger partial charge in [0, 0.05) is 19.6 Å². The minimum atomic E-state index is -0.534. The van der Waals surface area contributed by atoms with Crippen LogP contribution in [0.5, 0.6) is 0 Å². The molecule has 0 fully saturated rings. The van der Waals surface area contributed by atoms with Crippen LogP contribution in [0.25, 0.3) is 0 Å².